The molecule has 8 heteroatoms. The lowest BCUT2D eigenvalue weighted by Crippen LogP contribution is -2.31. The first-order chi connectivity index (χ1) is 10.5. The van der Waals surface area contributed by atoms with Gasteiger partial charge < -0.3 is 20.6 Å². The van der Waals surface area contributed by atoms with Gasteiger partial charge in [-0.15, -0.1) is 0 Å². The van der Waals surface area contributed by atoms with Crippen LogP contribution in [0.4, 0.5) is 16.2 Å². The molecule has 0 radical (unpaired) electrons. The van der Waals surface area contributed by atoms with Crippen molar-refractivity contribution in [3.05, 3.63) is 23.2 Å². The summed E-state index contributed by atoms with van der Waals surface area (Å²) in [5.74, 6) is -0.952. The van der Waals surface area contributed by atoms with Crippen LogP contribution < -0.4 is 15.5 Å². The van der Waals surface area contributed by atoms with Crippen molar-refractivity contribution in [2.24, 2.45) is 0 Å². The van der Waals surface area contributed by atoms with Gasteiger partial charge in [-0.05, 0) is 24.6 Å². The highest BCUT2D eigenvalue weighted by molar-refractivity contribution is 6.33. The van der Waals surface area contributed by atoms with E-state index in [0.29, 0.717) is 29.4 Å². The van der Waals surface area contributed by atoms with Gasteiger partial charge in [0.15, 0.2) is 0 Å². The van der Waals surface area contributed by atoms with Crippen molar-refractivity contribution in [2.75, 3.05) is 23.3 Å². The fraction of sp³-hybridized carbons (Fsp3) is 0.357. The van der Waals surface area contributed by atoms with E-state index >= 15 is 0 Å². The fourth-order valence-corrected chi connectivity index (χ4v) is 2.31. The number of anilines is 2. The molecule has 0 atom stereocenters. The SMILES string of the molecule is O=C(O)CCNC(=O)Nc1cc(N2CCCC2=O)ccc1Cl. The second-order valence-corrected chi connectivity index (χ2v) is 5.24. The van der Waals surface area contributed by atoms with Gasteiger partial charge >= 0.3 is 12.0 Å². The highest BCUT2D eigenvalue weighted by atomic mass is 35.5. The lowest BCUT2D eigenvalue weighted by Gasteiger charge is -2.17. The standard InChI is InChI=1S/C14H16ClN3O4/c15-10-4-3-9(18-7-1-2-12(18)19)8-11(10)17-14(22)16-6-5-13(20)21/h3-4,8H,1-2,5-7H2,(H,20,21)(H2,16,17,22). The van der Waals surface area contributed by atoms with Crippen LogP contribution in [-0.2, 0) is 9.59 Å². The van der Waals surface area contributed by atoms with E-state index in [-0.39, 0.29) is 18.9 Å². The summed E-state index contributed by atoms with van der Waals surface area (Å²) in [6.07, 6.45) is 1.16. The predicted molar refractivity (Wildman–Crippen MR) is 82.3 cm³/mol. The Kier molecular flexibility index (Phi) is 5.21. The Balaban J connectivity index is 2.02. The first-order valence-electron chi connectivity index (χ1n) is 6.84. The Bertz CT molecular complexity index is 606. The van der Waals surface area contributed by atoms with Crippen LogP contribution in [0.2, 0.25) is 5.02 Å². The van der Waals surface area contributed by atoms with Crippen LogP contribution in [0.3, 0.4) is 0 Å². The highest BCUT2D eigenvalue weighted by Crippen LogP contribution is 2.29. The summed E-state index contributed by atoms with van der Waals surface area (Å²) in [6.45, 7) is 0.661. The maximum atomic E-state index is 11.7. The third-order valence-electron chi connectivity index (χ3n) is 3.21. The smallest absolute Gasteiger partial charge is 0.319 e. The fourth-order valence-electron chi connectivity index (χ4n) is 2.15. The molecule has 1 aliphatic heterocycles. The molecule has 1 aromatic carbocycles. The quantitative estimate of drug-likeness (QED) is 0.771. The number of carbonyl (C=O) groups excluding carboxylic acids is 2. The third-order valence-corrected chi connectivity index (χ3v) is 3.54. The first-order valence-corrected chi connectivity index (χ1v) is 7.22. The Hall–Kier alpha value is -2.28. The Labute approximate surface area is 132 Å². The zero-order valence-corrected chi connectivity index (χ0v) is 12.5. The maximum Gasteiger partial charge on any atom is 0.319 e. The number of hydrogen-bond donors (Lipinski definition) is 3. The topological polar surface area (TPSA) is 98.7 Å². The van der Waals surface area contributed by atoms with E-state index in [1.807, 2.05) is 0 Å². The molecule has 0 spiro atoms. The number of carbonyl (C=O) groups is 3. The Morgan fingerprint density at radius 2 is 2.14 bits per heavy atom. The van der Waals surface area contributed by atoms with Gasteiger partial charge in [-0.25, -0.2) is 4.79 Å². The number of urea groups is 1. The number of nitrogens with one attached hydrogen (secondary N) is 2. The van der Waals surface area contributed by atoms with Gasteiger partial charge in [-0.2, -0.15) is 0 Å². The lowest BCUT2D eigenvalue weighted by atomic mass is 10.2. The van der Waals surface area contributed by atoms with Crippen molar-refractivity contribution in [1.82, 2.24) is 5.32 Å². The van der Waals surface area contributed by atoms with E-state index in [1.165, 1.54) is 0 Å². The van der Waals surface area contributed by atoms with Gasteiger partial charge in [0.25, 0.3) is 0 Å². The Morgan fingerprint density at radius 1 is 1.36 bits per heavy atom. The van der Waals surface area contributed by atoms with E-state index in [9.17, 15) is 14.4 Å². The van der Waals surface area contributed by atoms with Crippen molar-refractivity contribution in [3.8, 4) is 0 Å². The minimum absolute atomic E-state index is 0.0170. The van der Waals surface area contributed by atoms with Gasteiger partial charge in [0, 0.05) is 25.2 Å². The van der Waals surface area contributed by atoms with Gasteiger partial charge in [0.2, 0.25) is 5.91 Å². The van der Waals surface area contributed by atoms with Crippen molar-refractivity contribution in [1.29, 1.82) is 0 Å². The number of aliphatic carboxylic acids is 1. The Morgan fingerprint density at radius 3 is 2.77 bits per heavy atom. The molecular formula is C14H16ClN3O4. The minimum atomic E-state index is -0.993. The number of benzene rings is 1. The molecule has 2 rings (SSSR count). The summed E-state index contributed by atoms with van der Waals surface area (Å²) >= 11 is 6.03. The first kappa shape index (κ1) is 16.1. The van der Waals surface area contributed by atoms with Gasteiger partial charge in [-0.1, -0.05) is 11.6 Å². The number of hydrogen-bond acceptors (Lipinski definition) is 3. The number of halogens is 1. The van der Waals surface area contributed by atoms with Crippen LogP contribution >= 0.6 is 11.6 Å². The number of carboxylic acid groups (broad SMARTS) is 1. The molecule has 118 valence electrons. The zero-order chi connectivity index (χ0) is 16.1. The summed E-state index contributed by atoms with van der Waals surface area (Å²) in [4.78, 5) is 35.5. The number of amides is 3. The van der Waals surface area contributed by atoms with Gasteiger partial charge in [0.05, 0.1) is 17.1 Å². The molecule has 1 heterocycles. The monoisotopic (exact) mass is 325 g/mol. The second-order valence-electron chi connectivity index (χ2n) is 4.84. The van der Waals surface area contributed by atoms with Crippen molar-refractivity contribution in [2.45, 2.75) is 19.3 Å². The maximum absolute atomic E-state index is 11.7. The summed E-state index contributed by atoms with van der Waals surface area (Å²) in [5.41, 5.74) is 1.04. The van der Waals surface area contributed by atoms with E-state index in [2.05, 4.69) is 10.6 Å². The molecule has 22 heavy (non-hydrogen) atoms. The number of nitrogens with zero attached hydrogens (tertiary/aromatic N) is 1. The second kappa shape index (κ2) is 7.13. The minimum Gasteiger partial charge on any atom is -0.481 e. The molecule has 1 aliphatic rings. The number of rotatable bonds is 5. The summed E-state index contributed by atoms with van der Waals surface area (Å²) in [6, 6.07) is 4.41. The molecule has 1 fully saturated rings. The number of carboxylic acids is 1. The molecule has 0 unspecified atom stereocenters. The third kappa shape index (κ3) is 4.11. The van der Waals surface area contributed by atoms with Gasteiger partial charge in [-0.3, -0.25) is 9.59 Å². The van der Waals surface area contributed by atoms with Crippen molar-refractivity contribution < 1.29 is 19.5 Å². The van der Waals surface area contributed by atoms with Gasteiger partial charge in [0.1, 0.15) is 0 Å². The van der Waals surface area contributed by atoms with Crippen LogP contribution in [-0.4, -0.2) is 36.1 Å². The van der Waals surface area contributed by atoms with Crippen LogP contribution in [0.5, 0.6) is 0 Å². The molecule has 3 N–H and O–H groups in total. The molecule has 1 saturated heterocycles. The van der Waals surface area contributed by atoms with Crippen LogP contribution in [0, 0.1) is 0 Å². The summed E-state index contributed by atoms with van der Waals surface area (Å²) < 4.78 is 0. The van der Waals surface area contributed by atoms with Crippen molar-refractivity contribution in [3.63, 3.8) is 0 Å². The molecule has 0 aromatic heterocycles. The van der Waals surface area contributed by atoms with E-state index in [0.717, 1.165) is 6.42 Å². The summed E-state index contributed by atoms with van der Waals surface area (Å²) in [5, 5.41) is 13.8. The predicted octanol–water partition coefficient (Wildman–Crippen LogP) is 2.06. The molecular weight excluding hydrogens is 310 g/mol. The average molecular weight is 326 g/mol. The molecule has 0 bridgehead atoms. The normalized spacial score (nSPS) is 14.0. The summed E-state index contributed by atoms with van der Waals surface area (Å²) in [7, 11) is 0. The lowest BCUT2D eigenvalue weighted by molar-refractivity contribution is -0.136. The van der Waals surface area contributed by atoms with E-state index < -0.39 is 12.0 Å². The van der Waals surface area contributed by atoms with E-state index in [4.69, 9.17) is 16.7 Å². The largest absolute Gasteiger partial charge is 0.481 e. The zero-order valence-electron chi connectivity index (χ0n) is 11.8. The molecule has 3 amide bonds. The molecule has 0 saturated carbocycles. The molecule has 7 nitrogen and oxygen atoms in total. The highest BCUT2D eigenvalue weighted by Gasteiger charge is 2.22. The molecule has 0 aliphatic carbocycles. The molecule has 1 aromatic rings. The van der Waals surface area contributed by atoms with E-state index in [1.54, 1.807) is 23.1 Å². The average Bonchev–Trinajstić information content (AvgIpc) is 2.87. The van der Waals surface area contributed by atoms with Crippen LogP contribution in [0.25, 0.3) is 0 Å². The van der Waals surface area contributed by atoms with Crippen LogP contribution in [0.15, 0.2) is 18.2 Å². The van der Waals surface area contributed by atoms with Crippen LogP contribution in [0.1, 0.15) is 19.3 Å². The van der Waals surface area contributed by atoms with Crippen molar-refractivity contribution >= 4 is 40.9 Å².